The van der Waals surface area contributed by atoms with Gasteiger partial charge in [0.05, 0.1) is 29.2 Å². The van der Waals surface area contributed by atoms with E-state index in [0.717, 1.165) is 5.56 Å². The largest absolute Gasteiger partial charge is 0.495 e. The van der Waals surface area contributed by atoms with Crippen molar-refractivity contribution in [3.05, 3.63) is 88.9 Å². The molecule has 0 heterocycles. The van der Waals surface area contributed by atoms with Gasteiger partial charge >= 0.3 is 5.97 Å². The number of methoxy groups -OCH3 is 1. The number of ether oxygens (including phenoxy) is 2. The van der Waals surface area contributed by atoms with Crippen molar-refractivity contribution in [2.24, 2.45) is 0 Å². The van der Waals surface area contributed by atoms with E-state index in [2.05, 4.69) is 10.0 Å². The highest BCUT2D eigenvalue weighted by Gasteiger charge is 2.27. The quantitative estimate of drug-likeness (QED) is 0.393. The highest BCUT2D eigenvalue weighted by Crippen LogP contribution is 2.27. The smallest absolute Gasteiger partial charge is 0.338 e. The topological polar surface area (TPSA) is 111 Å². The molecule has 35 heavy (non-hydrogen) atoms. The van der Waals surface area contributed by atoms with Crippen molar-refractivity contribution >= 4 is 39.2 Å². The van der Waals surface area contributed by atoms with Gasteiger partial charge in [0.25, 0.3) is 0 Å². The summed E-state index contributed by atoms with van der Waals surface area (Å²) in [5, 5.41) is 2.83. The lowest BCUT2D eigenvalue weighted by Gasteiger charge is -2.19. The number of carbonyl (C=O) groups is 2. The van der Waals surface area contributed by atoms with E-state index in [0.29, 0.717) is 17.0 Å². The summed E-state index contributed by atoms with van der Waals surface area (Å²) in [7, 11) is -2.68. The molecule has 0 aliphatic rings. The molecule has 0 aliphatic heterocycles. The van der Waals surface area contributed by atoms with Crippen molar-refractivity contribution < 1.29 is 27.5 Å². The predicted octanol–water partition coefficient (Wildman–Crippen LogP) is 4.05. The predicted molar refractivity (Wildman–Crippen MR) is 133 cm³/mol. The Kier molecular flexibility index (Phi) is 8.86. The molecule has 0 spiro atoms. The molecule has 0 saturated carbocycles. The number of halogens is 1. The Morgan fingerprint density at radius 3 is 2.29 bits per heavy atom. The second-order valence-electron chi connectivity index (χ2n) is 7.45. The maximum absolute atomic E-state index is 13.1. The van der Waals surface area contributed by atoms with Crippen LogP contribution < -0.4 is 14.8 Å². The van der Waals surface area contributed by atoms with Crippen molar-refractivity contribution in [2.75, 3.05) is 19.0 Å². The molecule has 0 aromatic heterocycles. The summed E-state index contributed by atoms with van der Waals surface area (Å²) in [5.41, 5.74) is 1.50. The van der Waals surface area contributed by atoms with Gasteiger partial charge in [0.1, 0.15) is 11.8 Å². The summed E-state index contributed by atoms with van der Waals surface area (Å²) in [6, 6.07) is 18.1. The van der Waals surface area contributed by atoms with E-state index in [1.165, 1.54) is 37.4 Å². The SMILES string of the molecule is CCOC(=O)c1ccc(NC(=O)C(Cc2ccccc2)NS(=O)(=O)c2ccc(OC)c(Cl)c2)cc1. The van der Waals surface area contributed by atoms with E-state index in [-0.39, 0.29) is 22.9 Å². The third-order valence-corrected chi connectivity index (χ3v) is 6.76. The molecule has 184 valence electrons. The zero-order chi connectivity index (χ0) is 25.4. The Morgan fingerprint density at radius 1 is 1.00 bits per heavy atom. The van der Waals surface area contributed by atoms with Gasteiger partial charge in [-0.2, -0.15) is 4.72 Å². The minimum absolute atomic E-state index is 0.104. The normalized spacial score (nSPS) is 12.0. The Bertz CT molecular complexity index is 1280. The highest BCUT2D eigenvalue weighted by molar-refractivity contribution is 7.89. The monoisotopic (exact) mass is 516 g/mol. The van der Waals surface area contributed by atoms with Gasteiger partial charge in [-0.25, -0.2) is 13.2 Å². The zero-order valence-corrected chi connectivity index (χ0v) is 20.7. The van der Waals surface area contributed by atoms with Gasteiger partial charge in [0, 0.05) is 5.69 Å². The first-order valence-corrected chi connectivity index (χ1v) is 12.6. The molecule has 8 nitrogen and oxygen atoms in total. The van der Waals surface area contributed by atoms with E-state index in [1.54, 1.807) is 43.3 Å². The van der Waals surface area contributed by atoms with Crippen molar-refractivity contribution in [2.45, 2.75) is 24.3 Å². The van der Waals surface area contributed by atoms with Crippen LogP contribution in [0.4, 0.5) is 5.69 Å². The minimum atomic E-state index is -4.10. The average Bonchev–Trinajstić information content (AvgIpc) is 2.84. The van der Waals surface area contributed by atoms with Gasteiger partial charge in [-0.05, 0) is 61.4 Å². The molecule has 1 unspecified atom stereocenters. The first-order chi connectivity index (χ1) is 16.7. The Morgan fingerprint density at radius 2 is 1.69 bits per heavy atom. The van der Waals surface area contributed by atoms with Crippen LogP contribution in [-0.4, -0.2) is 40.1 Å². The summed E-state index contributed by atoms with van der Waals surface area (Å²) >= 11 is 6.10. The maximum atomic E-state index is 13.1. The summed E-state index contributed by atoms with van der Waals surface area (Å²) < 4.78 is 38.7. The summed E-state index contributed by atoms with van der Waals surface area (Å²) in [6.45, 7) is 1.96. The van der Waals surface area contributed by atoms with E-state index in [4.69, 9.17) is 21.1 Å². The van der Waals surface area contributed by atoms with Gasteiger partial charge in [-0.3, -0.25) is 4.79 Å². The number of amides is 1. The fourth-order valence-electron chi connectivity index (χ4n) is 3.24. The standard InChI is InChI=1S/C25H25ClN2O6S/c1-3-34-25(30)18-9-11-19(12-10-18)27-24(29)22(15-17-7-5-4-6-8-17)28-35(31,32)20-13-14-23(33-2)21(26)16-20/h4-14,16,22,28H,3,15H2,1-2H3,(H,27,29). The van der Waals surface area contributed by atoms with Crippen molar-refractivity contribution in [1.29, 1.82) is 0 Å². The number of esters is 1. The lowest BCUT2D eigenvalue weighted by atomic mass is 10.1. The first-order valence-electron chi connectivity index (χ1n) is 10.7. The number of nitrogens with one attached hydrogen (secondary N) is 2. The van der Waals surface area contributed by atoms with Crippen LogP contribution in [0.3, 0.4) is 0 Å². The van der Waals surface area contributed by atoms with Crippen LogP contribution in [0.1, 0.15) is 22.8 Å². The number of benzene rings is 3. The Labute approximate surface area is 209 Å². The highest BCUT2D eigenvalue weighted by atomic mass is 35.5. The molecule has 3 rings (SSSR count). The number of anilines is 1. The molecular weight excluding hydrogens is 492 g/mol. The van der Waals surface area contributed by atoms with E-state index < -0.39 is 27.9 Å². The summed E-state index contributed by atoms with van der Waals surface area (Å²) in [6.07, 6.45) is 0.108. The maximum Gasteiger partial charge on any atom is 0.338 e. The molecule has 3 aromatic rings. The van der Waals surface area contributed by atoms with Crippen LogP contribution in [0, 0.1) is 0 Å². The molecule has 0 aliphatic carbocycles. The molecule has 3 aromatic carbocycles. The van der Waals surface area contributed by atoms with Gasteiger partial charge in [0.2, 0.25) is 15.9 Å². The Hall–Kier alpha value is -3.40. The first kappa shape index (κ1) is 26.2. The van der Waals surface area contributed by atoms with E-state index in [9.17, 15) is 18.0 Å². The van der Waals surface area contributed by atoms with Crippen LogP contribution in [0.15, 0.2) is 77.7 Å². The minimum Gasteiger partial charge on any atom is -0.495 e. The lowest BCUT2D eigenvalue weighted by Crippen LogP contribution is -2.45. The van der Waals surface area contributed by atoms with Crippen LogP contribution in [0.2, 0.25) is 5.02 Å². The number of rotatable bonds is 10. The fraction of sp³-hybridized carbons (Fsp3) is 0.200. The molecule has 10 heteroatoms. The molecule has 0 radical (unpaired) electrons. The van der Waals surface area contributed by atoms with Gasteiger partial charge < -0.3 is 14.8 Å². The van der Waals surface area contributed by atoms with Crippen LogP contribution >= 0.6 is 11.6 Å². The Balaban J connectivity index is 1.83. The molecule has 0 saturated heterocycles. The average molecular weight is 517 g/mol. The number of carbonyl (C=O) groups excluding carboxylic acids is 2. The lowest BCUT2D eigenvalue weighted by molar-refractivity contribution is -0.117. The van der Waals surface area contributed by atoms with Crippen LogP contribution in [0.25, 0.3) is 0 Å². The van der Waals surface area contributed by atoms with Gasteiger partial charge in [-0.1, -0.05) is 41.9 Å². The third kappa shape index (κ3) is 7.05. The molecule has 0 fully saturated rings. The van der Waals surface area contributed by atoms with E-state index >= 15 is 0 Å². The zero-order valence-electron chi connectivity index (χ0n) is 19.2. The van der Waals surface area contributed by atoms with Gasteiger partial charge in [0.15, 0.2) is 0 Å². The van der Waals surface area contributed by atoms with Crippen molar-refractivity contribution in [1.82, 2.24) is 4.72 Å². The second kappa shape index (κ2) is 11.8. The second-order valence-corrected chi connectivity index (χ2v) is 9.57. The third-order valence-electron chi connectivity index (χ3n) is 4.99. The fourth-order valence-corrected chi connectivity index (χ4v) is 4.78. The number of hydrogen-bond donors (Lipinski definition) is 2. The molecule has 1 atom stereocenters. The number of sulfonamides is 1. The molecule has 1 amide bonds. The molecular formula is C25H25ClN2O6S. The van der Waals surface area contributed by atoms with E-state index in [1.807, 2.05) is 6.07 Å². The van der Waals surface area contributed by atoms with Crippen LogP contribution in [0.5, 0.6) is 5.75 Å². The molecule has 0 bridgehead atoms. The summed E-state index contributed by atoms with van der Waals surface area (Å²) in [4.78, 5) is 24.9. The summed E-state index contributed by atoms with van der Waals surface area (Å²) in [5.74, 6) is -0.713. The van der Waals surface area contributed by atoms with Gasteiger partial charge in [-0.15, -0.1) is 0 Å². The van der Waals surface area contributed by atoms with Crippen molar-refractivity contribution in [3.8, 4) is 5.75 Å². The van der Waals surface area contributed by atoms with Crippen molar-refractivity contribution in [3.63, 3.8) is 0 Å². The number of hydrogen-bond acceptors (Lipinski definition) is 6. The van der Waals surface area contributed by atoms with Crippen LogP contribution in [-0.2, 0) is 26.0 Å². The molecule has 2 N–H and O–H groups in total.